The lowest BCUT2D eigenvalue weighted by molar-refractivity contribution is -0.137. The summed E-state index contributed by atoms with van der Waals surface area (Å²) in [6.45, 7) is 0.516. The minimum atomic E-state index is -0.760. The Labute approximate surface area is 98.9 Å². The molecule has 3 rings (SSSR count). The van der Waals surface area contributed by atoms with Crippen LogP contribution in [0.3, 0.4) is 0 Å². The molecule has 1 saturated carbocycles. The van der Waals surface area contributed by atoms with Crippen molar-refractivity contribution in [1.29, 1.82) is 0 Å². The molecule has 0 amide bonds. The molecule has 0 atom stereocenters. The molecule has 1 aromatic heterocycles. The van der Waals surface area contributed by atoms with Crippen molar-refractivity contribution in [3.63, 3.8) is 0 Å². The number of benzene rings is 1. The third kappa shape index (κ3) is 1.90. The second-order valence-corrected chi connectivity index (χ2v) is 4.53. The number of carboxylic acid groups (broad SMARTS) is 1. The van der Waals surface area contributed by atoms with Gasteiger partial charge in [-0.3, -0.25) is 4.79 Å². The Balaban J connectivity index is 2.04. The van der Waals surface area contributed by atoms with E-state index in [4.69, 9.17) is 5.11 Å². The Morgan fingerprint density at radius 3 is 2.88 bits per heavy atom. The van der Waals surface area contributed by atoms with E-state index >= 15 is 0 Å². The van der Waals surface area contributed by atoms with E-state index < -0.39 is 5.97 Å². The standard InChI is InChI=1S/C13H14N2O2/c16-12(17)7-8-15-11-4-2-1-3-10(11)14-13(15)9-5-6-9/h1-4,9H,5-8H2,(H,16,17). The largest absolute Gasteiger partial charge is 0.481 e. The third-order valence-electron chi connectivity index (χ3n) is 3.18. The number of aliphatic carboxylic acids is 1. The van der Waals surface area contributed by atoms with Crippen molar-refractivity contribution in [2.45, 2.75) is 31.7 Å². The van der Waals surface area contributed by atoms with Crippen LogP contribution in [0.15, 0.2) is 24.3 Å². The maximum absolute atomic E-state index is 10.7. The van der Waals surface area contributed by atoms with Gasteiger partial charge in [0, 0.05) is 12.5 Å². The van der Waals surface area contributed by atoms with Crippen LogP contribution in [-0.2, 0) is 11.3 Å². The number of rotatable bonds is 4. The van der Waals surface area contributed by atoms with E-state index in [-0.39, 0.29) is 6.42 Å². The third-order valence-corrected chi connectivity index (χ3v) is 3.18. The predicted octanol–water partition coefficient (Wildman–Crippen LogP) is 2.39. The number of carboxylic acids is 1. The van der Waals surface area contributed by atoms with E-state index in [1.165, 1.54) is 12.8 Å². The van der Waals surface area contributed by atoms with Gasteiger partial charge in [-0.1, -0.05) is 12.1 Å². The first-order chi connectivity index (χ1) is 8.25. The first-order valence-corrected chi connectivity index (χ1v) is 5.92. The number of hydrogen-bond donors (Lipinski definition) is 1. The van der Waals surface area contributed by atoms with Gasteiger partial charge in [0.15, 0.2) is 0 Å². The molecule has 4 nitrogen and oxygen atoms in total. The van der Waals surface area contributed by atoms with Crippen molar-refractivity contribution < 1.29 is 9.90 Å². The van der Waals surface area contributed by atoms with Crippen molar-refractivity contribution in [1.82, 2.24) is 9.55 Å². The Morgan fingerprint density at radius 1 is 1.41 bits per heavy atom. The van der Waals surface area contributed by atoms with E-state index in [9.17, 15) is 4.79 Å². The van der Waals surface area contributed by atoms with Crippen molar-refractivity contribution in [3.05, 3.63) is 30.1 Å². The highest BCUT2D eigenvalue weighted by Crippen LogP contribution is 2.40. The first kappa shape index (κ1) is 10.3. The Morgan fingerprint density at radius 2 is 2.18 bits per heavy atom. The second kappa shape index (κ2) is 3.87. The summed E-state index contributed by atoms with van der Waals surface area (Å²) in [5, 5.41) is 8.80. The van der Waals surface area contributed by atoms with Crippen LogP contribution in [0.1, 0.15) is 31.0 Å². The Kier molecular flexibility index (Phi) is 2.35. The van der Waals surface area contributed by atoms with E-state index in [0.717, 1.165) is 16.9 Å². The molecule has 1 aromatic carbocycles. The molecule has 0 saturated heterocycles. The molecule has 17 heavy (non-hydrogen) atoms. The monoisotopic (exact) mass is 230 g/mol. The fraction of sp³-hybridized carbons (Fsp3) is 0.385. The first-order valence-electron chi connectivity index (χ1n) is 5.92. The van der Waals surface area contributed by atoms with Crippen LogP contribution >= 0.6 is 0 Å². The van der Waals surface area contributed by atoms with Gasteiger partial charge in [0.1, 0.15) is 5.82 Å². The lowest BCUT2D eigenvalue weighted by Crippen LogP contribution is -2.07. The molecule has 4 heteroatoms. The highest BCUT2D eigenvalue weighted by atomic mass is 16.4. The molecule has 1 fully saturated rings. The smallest absolute Gasteiger partial charge is 0.305 e. The van der Waals surface area contributed by atoms with Gasteiger partial charge in [-0.15, -0.1) is 0 Å². The molecule has 1 heterocycles. The molecule has 0 aliphatic heterocycles. The molecule has 0 bridgehead atoms. The zero-order valence-corrected chi connectivity index (χ0v) is 9.47. The number of imidazole rings is 1. The molecular formula is C13H14N2O2. The van der Waals surface area contributed by atoms with E-state index in [2.05, 4.69) is 9.55 Å². The van der Waals surface area contributed by atoms with Gasteiger partial charge >= 0.3 is 5.97 Å². The molecule has 0 unspecified atom stereocenters. The van der Waals surface area contributed by atoms with Crippen molar-refractivity contribution in [3.8, 4) is 0 Å². The fourth-order valence-corrected chi connectivity index (χ4v) is 2.19. The molecular weight excluding hydrogens is 216 g/mol. The van der Waals surface area contributed by atoms with Gasteiger partial charge in [-0.2, -0.15) is 0 Å². The Hall–Kier alpha value is -1.84. The minimum Gasteiger partial charge on any atom is -0.481 e. The summed E-state index contributed by atoms with van der Waals surface area (Å²) >= 11 is 0. The zero-order chi connectivity index (χ0) is 11.8. The highest BCUT2D eigenvalue weighted by Gasteiger charge is 2.29. The Bertz CT molecular complexity index is 570. The topological polar surface area (TPSA) is 55.1 Å². The number of para-hydroxylation sites is 2. The number of hydrogen-bond acceptors (Lipinski definition) is 2. The molecule has 2 aromatic rings. The molecule has 0 radical (unpaired) electrons. The lowest BCUT2D eigenvalue weighted by atomic mass is 10.3. The summed E-state index contributed by atoms with van der Waals surface area (Å²) in [6.07, 6.45) is 2.51. The van der Waals surface area contributed by atoms with Crippen LogP contribution < -0.4 is 0 Å². The average Bonchev–Trinajstić information content (AvgIpc) is 3.08. The van der Waals surface area contributed by atoms with Crippen molar-refractivity contribution in [2.75, 3.05) is 0 Å². The van der Waals surface area contributed by atoms with Crippen LogP contribution in [0.4, 0.5) is 0 Å². The van der Waals surface area contributed by atoms with Gasteiger partial charge in [0.05, 0.1) is 17.5 Å². The van der Waals surface area contributed by atoms with Crippen LogP contribution in [0, 0.1) is 0 Å². The summed E-state index contributed by atoms with van der Waals surface area (Å²) < 4.78 is 2.07. The summed E-state index contributed by atoms with van der Waals surface area (Å²) in [4.78, 5) is 15.3. The molecule has 1 N–H and O–H groups in total. The van der Waals surface area contributed by atoms with Crippen LogP contribution in [-0.4, -0.2) is 20.6 Å². The van der Waals surface area contributed by atoms with E-state index in [0.29, 0.717) is 12.5 Å². The number of nitrogens with zero attached hydrogens (tertiary/aromatic N) is 2. The summed E-state index contributed by atoms with van der Waals surface area (Å²) in [6, 6.07) is 7.93. The van der Waals surface area contributed by atoms with E-state index in [1.807, 2.05) is 24.3 Å². The number of aryl methyl sites for hydroxylation is 1. The minimum absolute atomic E-state index is 0.153. The van der Waals surface area contributed by atoms with Gasteiger partial charge < -0.3 is 9.67 Å². The van der Waals surface area contributed by atoms with Gasteiger partial charge in [-0.25, -0.2) is 4.98 Å². The second-order valence-electron chi connectivity index (χ2n) is 4.53. The van der Waals surface area contributed by atoms with Crippen LogP contribution in [0.25, 0.3) is 11.0 Å². The lowest BCUT2D eigenvalue weighted by Gasteiger charge is -2.06. The highest BCUT2D eigenvalue weighted by molar-refractivity contribution is 5.76. The molecule has 1 aliphatic carbocycles. The quantitative estimate of drug-likeness (QED) is 0.877. The number of carbonyl (C=O) groups is 1. The molecule has 88 valence electrons. The van der Waals surface area contributed by atoms with Gasteiger partial charge in [0.2, 0.25) is 0 Å². The van der Waals surface area contributed by atoms with E-state index in [1.54, 1.807) is 0 Å². The van der Waals surface area contributed by atoms with Crippen LogP contribution in [0.5, 0.6) is 0 Å². The maximum Gasteiger partial charge on any atom is 0.305 e. The van der Waals surface area contributed by atoms with Gasteiger partial charge in [0.25, 0.3) is 0 Å². The molecule has 1 aliphatic rings. The van der Waals surface area contributed by atoms with Crippen LogP contribution in [0.2, 0.25) is 0 Å². The normalized spacial score (nSPS) is 15.3. The summed E-state index contributed by atoms with van der Waals surface area (Å²) in [5.41, 5.74) is 2.02. The summed E-state index contributed by atoms with van der Waals surface area (Å²) in [5.74, 6) is 0.841. The summed E-state index contributed by atoms with van der Waals surface area (Å²) in [7, 11) is 0. The number of fused-ring (bicyclic) bond motifs is 1. The van der Waals surface area contributed by atoms with Crippen molar-refractivity contribution in [2.24, 2.45) is 0 Å². The SMILES string of the molecule is O=C(O)CCn1c(C2CC2)nc2ccccc21. The zero-order valence-electron chi connectivity index (χ0n) is 9.47. The van der Waals surface area contributed by atoms with Crippen molar-refractivity contribution >= 4 is 17.0 Å². The average molecular weight is 230 g/mol. The predicted molar refractivity (Wildman–Crippen MR) is 64.0 cm³/mol. The maximum atomic E-state index is 10.7. The van der Waals surface area contributed by atoms with Gasteiger partial charge in [-0.05, 0) is 25.0 Å². The fourth-order valence-electron chi connectivity index (χ4n) is 2.19. The molecule has 0 spiro atoms. The number of aromatic nitrogens is 2.